The zero-order chi connectivity index (χ0) is 18.1. The van der Waals surface area contributed by atoms with Crippen LogP contribution in [-0.2, 0) is 15.9 Å². The molecule has 0 aliphatic carbocycles. The van der Waals surface area contributed by atoms with Crippen molar-refractivity contribution in [2.24, 2.45) is 0 Å². The number of fused-ring (bicyclic) bond motifs is 2. The number of benzene rings is 2. The highest BCUT2D eigenvalue weighted by Crippen LogP contribution is 2.30. The van der Waals surface area contributed by atoms with Gasteiger partial charge in [0.05, 0.1) is 16.9 Å². The number of para-hydroxylation sites is 1. The molecular weight excluding hydrogens is 330 g/mol. The largest absolute Gasteiger partial charge is 0.353 e. The van der Waals surface area contributed by atoms with Gasteiger partial charge in [0.2, 0.25) is 0 Å². The summed E-state index contributed by atoms with van der Waals surface area (Å²) in [7, 11) is 3.14. The summed E-state index contributed by atoms with van der Waals surface area (Å²) in [6.07, 6.45) is -0.295. The van der Waals surface area contributed by atoms with Crippen LogP contribution in [0.3, 0.4) is 0 Å². The second-order valence-electron chi connectivity index (χ2n) is 6.36. The van der Waals surface area contributed by atoms with E-state index in [0.29, 0.717) is 16.7 Å². The lowest BCUT2D eigenvalue weighted by molar-refractivity contribution is -0.137. The minimum absolute atomic E-state index is 0.0854. The second kappa shape index (κ2) is 6.99. The third kappa shape index (κ3) is 2.82. The van der Waals surface area contributed by atoms with Crippen LogP contribution in [0.15, 0.2) is 59.4 Å². The molecule has 0 bridgehead atoms. The number of rotatable bonds is 5. The Hall–Kier alpha value is -2.54. The fraction of sp³-hybridized carbons (Fsp3) is 0.300. The minimum Gasteiger partial charge on any atom is -0.353 e. The van der Waals surface area contributed by atoms with Crippen molar-refractivity contribution >= 4 is 10.9 Å². The normalized spacial score (nSPS) is 19.2. The van der Waals surface area contributed by atoms with Crippen molar-refractivity contribution < 1.29 is 9.47 Å². The number of hydrogen-bond acceptors (Lipinski definition) is 5. The number of nitrogens with one attached hydrogen (secondary N) is 1. The third-order valence-corrected chi connectivity index (χ3v) is 4.80. The molecule has 6 nitrogen and oxygen atoms in total. The molecule has 0 radical (unpaired) electrons. The van der Waals surface area contributed by atoms with Crippen molar-refractivity contribution in [2.45, 2.75) is 24.9 Å². The molecular formula is C20H21N3O3. The van der Waals surface area contributed by atoms with E-state index in [0.717, 1.165) is 6.42 Å². The molecule has 0 spiro atoms. The lowest BCUT2D eigenvalue weighted by Crippen LogP contribution is -2.38. The van der Waals surface area contributed by atoms with E-state index >= 15 is 0 Å². The van der Waals surface area contributed by atoms with Gasteiger partial charge in [-0.1, -0.05) is 42.5 Å². The SMILES string of the molecule is COC(OC)C1NC(Cc2ccccc2)c2nc3ccccc3c(=O)n21. The number of ether oxygens (including phenoxy) is 2. The smallest absolute Gasteiger partial charge is 0.262 e. The molecule has 134 valence electrons. The maximum atomic E-state index is 13.1. The fourth-order valence-electron chi connectivity index (χ4n) is 3.59. The molecule has 0 saturated heterocycles. The minimum atomic E-state index is -0.588. The van der Waals surface area contributed by atoms with E-state index in [4.69, 9.17) is 14.5 Å². The van der Waals surface area contributed by atoms with Crippen LogP contribution in [0.2, 0.25) is 0 Å². The summed E-state index contributed by atoms with van der Waals surface area (Å²) in [6, 6.07) is 17.5. The first-order valence-corrected chi connectivity index (χ1v) is 8.59. The van der Waals surface area contributed by atoms with Gasteiger partial charge < -0.3 is 9.47 Å². The van der Waals surface area contributed by atoms with Gasteiger partial charge in [-0.25, -0.2) is 4.98 Å². The molecule has 1 aliphatic heterocycles. The molecule has 2 atom stereocenters. The Kier molecular flexibility index (Phi) is 4.55. The van der Waals surface area contributed by atoms with Gasteiger partial charge in [0.15, 0.2) is 6.29 Å². The molecule has 0 fully saturated rings. The van der Waals surface area contributed by atoms with E-state index in [9.17, 15) is 4.79 Å². The molecule has 1 N–H and O–H groups in total. The van der Waals surface area contributed by atoms with Crippen LogP contribution in [0.25, 0.3) is 10.9 Å². The Morgan fingerprint density at radius 2 is 1.77 bits per heavy atom. The van der Waals surface area contributed by atoms with Gasteiger partial charge in [0.25, 0.3) is 5.56 Å². The summed E-state index contributed by atoms with van der Waals surface area (Å²) < 4.78 is 12.5. The van der Waals surface area contributed by atoms with Crippen LogP contribution in [0, 0.1) is 0 Å². The lowest BCUT2D eigenvalue weighted by Gasteiger charge is -2.23. The number of aromatic nitrogens is 2. The van der Waals surface area contributed by atoms with Crippen molar-refractivity contribution in [1.82, 2.24) is 14.9 Å². The molecule has 6 heteroatoms. The van der Waals surface area contributed by atoms with Gasteiger partial charge >= 0.3 is 0 Å². The molecule has 1 aliphatic rings. The summed E-state index contributed by atoms with van der Waals surface area (Å²) in [6.45, 7) is 0. The topological polar surface area (TPSA) is 65.4 Å². The predicted molar refractivity (Wildman–Crippen MR) is 98.9 cm³/mol. The first kappa shape index (κ1) is 16.9. The van der Waals surface area contributed by atoms with Crippen LogP contribution in [-0.4, -0.2) is 30.1 Å². The monoisotopic (exact) mass is 351 g/mol. The molecule has 2 aromatic carbocycles. The predicted octanol–water partition coefficient (Wildman–Crippen LogP) is 2.40. The standard InChI is InChI=1S/C20H21N3O3/c1-25-20(26-2)18-22-16(12-13-8-4-3-5-9-13)17-21-15-11-7-6-10-14(15)19(24)23(17)18/h3-11,16,18,20,22H,12H2,1-2H3. The highest BCUT2D eigenvalue weighted by atomic mass is 16.7. The second-order valence-corrected chi connectivity index (χ2v) is 6.36. The van der Waals surface area contributed by atoms with E-state index < -0.39 is 12.5 Å². The third-order valence-electron chi connectivity index (χ3n) is 4.80. The Morgan fingerprint density at radius 3 is 2.50 bits per heavy atom. The average molecular weight is 351 g/mol. The molecule has 0 amide bonds. The average Bonchev–Trinajstić information content (AvgIpc) is 3.02. The van der Waals surface area contributed by atoms with Crippen LogP contribution >= 0.6 is 0 Å². The van der Waals surface area contributed by atoms with Crippen molar-refractivity contribution in [3.63, 3.8) is 0 Å². The van der Waals surface area contributed by atoms with E-state index in [1.807, 2.05) is 36.4 Å². The maximum absolute atomic E-state index is 13.1. The van der Waals surface area contributed by atoms with Crippen molar-refractivity contribution in [2.75, 3.05) is 14.2 Å². The van der Waals surface area contributed by atoms with Gasteiger partial charge in [-0.3, -0.25) is 14.7 Å². The van der Waals surface area contributed by atoms with Gasteiger partial charge in [0.1, 0.15) is 12.0 Å². The zero-order valence-corrected chi connectivity index (χ0v) is 14.8. The lowest BCUT2D eigenvalue weighted by atomic mass is 10.1. The Bertz CT molecular complexity index is 967. The van der Waals surface area contributed by atoms with E-state index in [2.05, 4.69) is 17.4 Å². The van der Waals surface area contributed by atoms with E-state index in [1.54, 1.807) is 24.9 Å². The quantitative estimate of drug-likeness (QED) is 0.715. The molecule has 2 heterocycles. The number of methoxy groups -OCH3 is 2. The van der Waals surface area contributed by atoms with Crippen molar-refractivity contribution in [3.05, 3.63) is 76.3 Å². The van der Waals surface area contributed by atoms with Gasteiger partial charge in [-0.2, -0.15) is 0 Å². The summed E-state index contributed by atoms with van der Waals surface area (Å²) in [5.41, 5.74) is 1.79. The fourth-order valence-corrected chi connectivity index (χ4v) is 3.59. The number of nitrogens with zero attached hydrogens (tertiary/aromatic N) is 2. The Morgan fingerprint density at radius 1 is 1.08 bits per heavy atom. The first-order chi connectivity index (χ1) is 12.7. The van der Waals surface area contributed by atoms with E-state index in [1.165, 1.54) is 5.56 Å². The van der Waals surface area contributed by atoms with Crippen LogP contribution in [0.5, 0.6) is 0 Å². The highest BCUT2D eigenvalue weighted by Gasteiger charge is 2.38. The molecule has 1 aromatic heterocycles. The molecule has 26 heavy (non-hydrogen) atoms. The van der Waals surface area contributed by atoms with E-state index in [-0.39, 0.29) is 11.6 Å². The first-order valence-electron chi connectivity index (χ1n) is 8.59. The summed E-state index contributed by atoms with van der Waals surface area (Å²) in [4.78, 5) is 17.9. The summed E-state index contributed by atoms with van der Waals surface area (Å²) in [5.74, 6) is 0.710. The van der Waals surface area contributed by atoms with Gasteiger partial charge in [-0.05, 0) is 24.1 Å². The van der Waals surface area contributed by atoms with Crippen LogP contribution in [0.4, 0.5) is 0 Å². The molecule has 3 aromatic rings. The maximum Gasteiger partial charge on any atom is 0.262 e. The van der Waals surface area contributed by atoms with Gasteiger partial charge in [0, 0.05) is 14.2 Å². The molecule has 4 rings (SSSR count). The van der Waals surface area contributed by atoms with Crippen LogP contribution < -0.4 is 10.9 Å². The zero-order valence-electron chi connectivity index (χ0n) is 14.8. The number of hydrogen-bond donors (Lipinski definition) is 1. The van der Waals surface area contributed by atoms with Gasteiger partial charge in [-0.15, -0.1) is 0 Å². The molecule has 0 saturated carbocycles. The summed E-state index contributed by atoms with van der Waals surface area (Å²) in [5, 5.41) is 4.06. The highest BCUT2D eigenvalue weighted by molar-refractivity contribution is 5.77. The summed E-state index contributed by atoms with van der Waals surface area (Å²) >= 11 is 0. The Labute approximate surface area is 151 Å². The van der Waals surface area contributed by atoms with Crippen molar-refractivity contribution in [1.29, 1.82) is 0 Å². The van der Waals surface area contributed by atoms with Crippen LogP contribution in [0.1, 0.15) is 23.6 Å². The molecule has 2 unspecified atom stereocenters. The Balaban J connectivity index is 1.85. The van der Waals surface area contributed by atoms with Crippen molar-refractivity contribution in [3.8, 4) is 0 Å².